The second-order valence-corrected chi connectivity index (χ2v) is 16.5. The van der Waals surface area contributed by atoms with Crippen LogP contribution in [0.5, 0.6) is 23.0 Å². The molecule has 16 nitrogen and oxygen atoms in total. The largest absolute Gasteiger partial charge is 0.457 e. The Kier molecular flexibility index (Phi) is 11.9. The number of carbonyl (C=O) groups is 2. The first-order valence-corrected chi connectivity index (χ1v) is 22.2. The van der Waals surface area contributed by atoms with Crippen LogP contribution in [0.15, 0.2) is 135 Å². The van der Waals surface area contributed by atoms with E-state index in [4.69, 9.17) is 30.4 Å². The van der Waals surface area contributed by atoms with Gasteiger partial charge in [0.2, 0.25) is 11.8 Å². The van der Waals surface area contributed by atoms with E-state index in [0.29, 0.717) is 82.8 Å². The van der Waals surface area contributed by atoms with Crippen molar-refractivity contribution in [3.05, 3.63) is 135 Å². The van der Waals surface area contributed by atoms with Gasteiger partial charge in [-0.15, -0.1) is 0 Å². The molecule has 4 aromatic heterocycles. The molecule has 2 atom stereocenters. The highest BCUT2D eigenvalue weighted by molar-refractivity contribution is 6.04. The standard InChI is InChI=1S/C50H48N12O4/c1-2-42(64)60-27-10-12-36(30-60)62-50-44(46(58-62)34-19-23-40(24-20-34)66-38-15-7-4-8-16-38)48(53-32-55-50)56-41(63)25-28-59-26-9-11-35(29-59)61-49-43(47(51)52-31-54-49)45(57-61)33-17-21-39(22-18-33)65-37-13-5-3-6-14-37/h2-8,13-24,31-32,35-36H,1,9-12,25-30H2,(H2,51,52,54)(H,53,55,56,63)/t35-,36+/m1/s1. The number of para-hydroxylation sites is 2. The molecule has 66 heavy (non-hydrogen) atoms. The van der Waals surface area contributed by atoms with Crippen molar-refractivity contribution >= 4 is 45.5 Å². The zero-order valence-corrected chi connectivity index (χ0v) is 36.2. The first-order chi connectivity index (χ1) is 32.4. The fraction of sp³-hybridized carbons (Fsp3) is 0.240. The Morgan fingerprint density at radius 3 is 1.80 bits per heavy atom. The minimum Gasteiger partial charge on any atom is -0.457 e. The number of hydrogen-bond donors (Lipinski definition) is 2. The molecule has 3 N–H and O–H groups in total. The van der Waals surface area contributed by atoms with Crippen LogP contribution in [0.25, 0.3) is 44.6 Å². The Hall–Kier alpha value is -7.98. The molecule has 2 fully saturated rings. The van der Waals surface area contributed by atoms with Gasteiger partial charge in [-0.05, 0) is 111 Å². The van der Waals surface area contributed by atoms with Crippen LogP contribution in [-0.2, 0) is 9.59 Å². The smallest absolute Gasteiger partial charge is 0.246 e. The van der Waals surface area contributed by atoms with Crippen molar-refractivity contribution in [2.75, 3.05) is 43.8 Å². The number of nitrogens with two attached hydrogens (primary N) is 1. The van der Waals surface area contributed by atoms with Crippen molar-refractivity contribution in [2.24, 2.45) is 0 Å². The van der Waals surface area contributed by atoms with Crippen LogP contribution in [0, 0.1) is 0 Å². The number of nitrogens with one attached hydrogen (secondary N) is 1. The van der Waals surface area contributed by atoms with Gasteiger partial charge < -0.3 is 30.3 Å². The molecule has 0 spiro atoms. The molecule has 332 valence electrons. The third-order valence-corrected chi connectivity index (χ3v) is 12.2. The predicted molar refractivity (Wildman–Crippen MR) is 252 cm³/mol. The van der Waals surface area contributed by atoms with Crippen LogP contribution < -0.4 is 20.5 Å². The quantitative estimate of drug-likeness (QED) is 0.106. The average Bonchev–Trinajstić information content (AvgIpc) is 3.96. The zero-order chi connectivity index (χ0) is 45.0. The monoisotopic (exact) mass is 880 g/mol. The third-order valence-electron chi connectivity index (χ3n) is 12.2. The number of benzene rings is 4. The number of fused-ring (bicyclic) bond motifs is 2. The normalized spacial score (nSPS) is 16.6. The van der Waals surface area contributed by atoms with Gasteiger partial charge in [-0.25, -0.2) is 29.3 Å². The minimum atomic E-state index is -0.185. The maximum atomic E-state index is 13.9. The molecule has 0 radical (unpaired) electrons. The first kappa shape index (κ1) is 42.0. The Bertz CT molecular complexity index is 3010. The summed E-state index contributed by atoms with van der Waals surface area (Å²) in [4.78, 5) is 49.0. The average molecular weight is 881 g/mol. The lowest BCUT2D eigenvalue weighted by atomic mass is 10.1. The van der Waals surface area contributed by atoms with Gasteiger partial charge >= 0.3 is 0 Å². The summed E-state index contributed by atoms with van der Waals surface area (Å²) in [6.45, 7) is 6.83. The molecular formula is C50H48N12O4. The molecule has 10 rings (SSSR count). The van der Waals surface area contributed by atoms with Crippen molar-refractivity contribution in [3.8, 4) is 45.5 Å². The molecule has 6 heterocycles. The Morgan fingerprint density at radius 1 is 0.667 bits per heavy atom. The molecule has 2 amide bonds. The van der Waals surface area contributed by atoms with Crippen LogP contribution in [0.2, 0.25) is 0 Å². The highest BCUT2D eigenvalue weighted by Gasteiger charge is 2.30. The molecule has 2 aliphatic heterocycles. The number of hydrogen-bond acceptors (Lipinski definition) is 12. The van der Waals surface area contributed by atoms with E-state index in [9.17, 15) is 9.59 Å². The third kappa shape index (κ3) is 8.77. The number of rotatable bonds is 13. The van der Waals surface area contributed by atoms with E-state index in [2.05, 4.69) is 31.7 Å². The fourth-order valence-corrected chi connectivity index (χ4v) is 8.96. The highest BCUT2D eigenvalue weighted by Crippen LogP contribution is 2.38. The molecule has 4 aromatic carbocycles. The maximum Gasteiger partial charge on any atom is 0.246 e. The van der Waals surface area contributed by atoms with Crippen molar-refractivity contribution in [2.45, 2.75) is 44.2 Å². The molecule has 0 bridgehead atoms. The van der Waals surface area contributed by atoms with E-state index in [-0.39, 0.29) is 30.3 Å². The van der Waals surface area contributed by atoms with Crippen LogP contribution in [0.4, 0.5) is 11.6 Å². The van der Waals surface area contributed by atoms with E-state index in [1.807, 2.05) is 119 Å². The highest BCUT2D eigenvalue weighted by atomic mass is 16.5. The van der Waals surface area contributed by atoms with E-state index in [1.165, 1.54) is 18.7 Å². The molecule has 0 saturated carbocycles. The van der Waals surface area contributed by atoms with E-state index >= 15 is 0 Å². The molecule has 2 aliphatic rings. The number of amides is 2. The van der Waals surface area contributed by atoms with Crippen LogP contribution in [-0.4, -0.2) is 93.8 Å². The van der Waals surface area contributed by atoms with E-state index in [1.54, 1.807) is 4.90 Å². The Balaban J connectivity index is 0.870. The number of likely N-dealkylation sites (tertiary alicyclic amines) is 2. The lowest BCUT2D eigenvalue weighted by Crippen LogP contribution is -2.40. The van der Waals surface area contributed by atoms with E-state index in [0.717, 1.165) is 54.9 Å². The van der Waals surface area contributed by atoms with Gasteiger partial charge in [0.1, 0.15) is 58.7 Å². The molecule has 2 saturated heterocycles. The summed E-state index contributed by atoms with van der Waals surface area (Å²) in [6.07, 6.45) is 7.91. The number of nitrogens with zero attached hydrogens (tertiary/aromatic N) is 10. The van der Waals surface area contributed by atoms with Gasteiger partial charge in [0.15, 0.2) is 11.3 Å². The lowest BCUT2D eigenvalue weighted by Gasteiger charge is -2.32. The number of piperidine rings is 2. The summed E-state index contributed by atoms with van der Waals surface area (Å²) in [5, 5.41) is 14.7. The minimum absolute atomic E-state index is 0.00935. The van der Waals surface area contributed by atoms with Crippen molar-refractivity contribution in [1.29, 1.82) is 0 Å². The van der Waals surface area contributed by atoms with Crippen molar-refractivity contribution < 1.29 is 19.1 Å². The molecule has 16 heteroatoms. The van der Waals surface area contributed by atoms with Crippen LogP contribution >= 0.6 is 0 Å². The number of ether oxygens (including phenoxy) is 2. The summed E-state index contributed by atoms with van der Waals surface area (Å²) in [5.41, 5.74) is 10.7. The first-order valence-electron chi connectivity index (χ1n) is 22.2. The number of anilines is 2. The zero-order valence-electron chi connectivity index (χ0n) is 36.2. The Morgan fingerprint density at radius 2 is 1.20 bits per heavy atom. The van der Waals surface area contributed by atoms with Crippen LogP contribution in [0.3, 0.4) is 0 Å². The van der Waals surface area contributed by atoms with Crippen molar-refractivity contribution in [3.63, 3.8) is 0 Å². The molecular weight excluding hydrogens is 833 g/mol. The lowest BCUT2D eigenvalue weighted by molar-refractivity contribution is -0.127. The van der Waals surface area contributed by atoms with E-state index < -0.39 is 0 Å². The number of carbonyl (C=O) groups excluding carboxylic acids is 2. The summed E-state index contributed by atoms with van der Waals surface area (Å²) in [6, 6.07) is 34.5. The maximum absolute atomic E-state index is 13.9. The summed E-state index contributed by atoms with van der Waals surface area (Å²) in [7, 11) is 0. The van der Waals surface area contributed by atoms with Gasteiger partial charge in [0.25, 0.3) is 0 Å². The second kappa shape index (κ2) is 18.6. The van der Waals surface area contributed by atoms with Gasteiger partial charge in [0, 0.05) is 43.7 Å². The molecule has 0 unspecified atom stereocenters. The number of aromatic nitrogens is 8. The van der Waals surface area contributed by atoms with Gasteiger partial charge in [-0.3, -0.25) is 9.59 Å². The number of nitrogen functional groups attached to an aromatic ring is 1. The predicted octanol–water partition coefficient (Wildman–Crippen LogP) is 8.48. The molecule has 8 aromatic rings. The van der Waals surface area contributed by atoms with Gasteiger partial charge in [0.05, 0.1) is 22.9 Å². The summed E-state index contributed by atoms with van der Waals surface area (Å²) >= 11 is 0. The van der Waals surface area contributed by atoms with Crippen LogP contribution in [0.1, 0.15) is 44.2 Å². The SMILES string of the molecule is C=CC(=O)N1CCC[C@H](n2nc(-c3ccc(Oc4ccccc4)cc3)c3c(NC(=O)CCN4CCC[C@@H](n5nc(-c6ccc(Oc7ccccc7)cc6)c6c(N)ncnc65)C4)ncnc32)C1. The van der Waals surface area contributed by atoms with Gasteiger partial charge in [-0.2, -0.15) is 10.2 Å². The second-order valence-electron chi connectivity index (χ2n) is 16.5. The summed E-state index contributed by atoms with van der Waals surface area (Å²) in [5.74, 6) is 3.28. The summed E-state index contributed by atoms with van der Waals surface area (Å²) < 4.78 is 16.0. The van der Waals surface area contributed by atoms with Gasteiger partial charge in [-0.1, -0.05) is 43.0 Å². The Labute approximate surface area is 380 Å². The fourth-order valence-electron chi connectivity index (χ4n) is 8.96. The topological polar surface area (TPSA) is 184 Å². The molecule has 0 aliphatic carbocycles. The van der Waals surface area contributed by atoms with Crippen molar-refractivity contribution in [1.82, 2.24) is 49.3 Å².